The van der Waals surface area contributed by atoms with E-state index < -0.39 is 0 Å². The summed E-state index contributed by atoms with van der Waals surface area (Å²) in [6.45, 7) is 6.80. The Balaban J connectivity index is 2.39. The van der Waals surface area contributed by atoms with Crippen molar-refractivity contribution in [1.29, 1.82) is 0 Å². The third kappa shape index (κ3) is 4.77. The second-order valence-corrected chi connectivity index (χ2v) is 4.36. The van der Waals surface area contributed by atoms with Crippen LogP contribution in [0.3, 0.4) is 0 Å². The highest BCUT2D eigenvalue weighted by atomic mass is 35.5. The number of carbonyl (C=O) groups excluding carboxylic acids is 1. The molecule has 2 N–H and O–H groups in total. The third-order valence-electron chi connectivity index (χ3n) is 2.08. The van der Waals surface area contributed by atoms with E-state index in [1.807, 2.05) is 6.92 Å². The maximum absolute atomic E-state index is 11.7. The molecule has 0 aliphatic rings. The second kappa shape index (κ2) is 7.03. The van der Waals surface area contributed by atoms with E-state index in [0.717, 1.165) is 5.57 Å². The molecule has 0 spiro atoms. The minimum Gasteiger partial charge on any atom is -0.507 e. The number of aromatic hydroxyl groups is 1. The van der Waals surface area contributed by atoms with Gasteiger partial charge in [0, 0.05) is 11.6 Å². The fraction of sp³-hybridized carbons (Fsp3) is 0.308. The lowest BCUT2D eigenvalue weighted by molar-refractivity contribution is 0.0924. The fourth-order valence-electron chi connectivity index (χ4n) is 1.28. The van der Waals surface area contributed by atoms with Crippen molar-refractivity contribution in [2.24, 2.45) is 0 Å². The van der Waals surface area contributed by atoms with E-state index in [2.05, 4.69) is 11.9 Å². The van der Waals surface area contributed by atoms with E-state index in [1.165, 1.54) is 12.1 Å². The minimum atomic E-state index is -0.358. The summed E-state index contributed by atoms with van der Waals surface area (Å²) in [5.41, 5.74) is 1.12. The van der Waals surface area contributed by atoms with Gasteiger partial charge in [-0.2, -0.15) is 0 Å². The van der Waals surface area contributed by atoms with E-state index in [9.17, 15) is 9.90 Å². The number of carbonyl (C=O) groups is 1. The van der Waals surface area contributed by atoms with Crippen molar-refractivity contribution < 1.29 is 14.6 Å². The summed E-state index contributed by atoms with van der Waals surface area (Å²) in [6, 6.07) is 4.35. The number of phenolic OH excluding ortho intramolecular Hbond substituents is 1. The number of rotatable bonds is 6. The molecule has 18 heavy (non-hydrogen) atoms. The Labute approximate surface area is 111 Å². The summed E-state index contributed by atoms with van der Waals surface area (Å²) < 4.78 is 5.23. The number of halogens is 1. The molecule has 4 nitrogen and oxygen atoms in total. The van der Waals surface area contributed by atoms with Gasteiger partial charge < -0.3 is 15.2 Å². The van der Waals surface area contributed by atoms with E-state index in [1.54, 1.807) is 6.07 Å². The highest BCUT2D eigenvalue weighted by Gasteiger charge is 2.10. The van der Waals surface area contributed by atoms with Crippen LogP contribution in [0.2, 0.25) is 5.02 Å². The van der Waals surface area contributed by atoms with Gasteiger partial charge in [-0.1, -0.05) is 23.8 Å². The molecular formula is C13H16ClNO3. The Morgan fingerprint density at radius 3 is 2.89 bits per heavy atom. The molecule has 0 saturated heterocycles. The zero-order chi connectivity index (χ0) is 13.5. The lowest BCUT2D eigenvalue weighted by atomic mass is 10.2. The predicted molar refractivity (Wildman–Crippen MR) is 71.1 cm³/mol. The van der Waals surface area contributed by atoms with Crippen LogP contribution in [0.4, 0.5) is 0 Å². The number of ether oxygens (including phenoxy) is 1. The van der Waals surface area contributed by atoms with Crippen LogP contribution >= 0.6 is 11.6 Å². The number of nitrogens with one attached hydrogen (secondary N) is 1. The summed E-state index contributed by atoms with van der Waals surface area (Å²) in [6.07, 6.45) is 0. The van der Waals surface area contributed by atoms with Crippen molar-refractivity contribution in [3.8, 4) is 5.75 Å². The first-order valence-electron chi connectivity index (χ1n) is 5.49. The summed E-state index contributed by atoms with van der Waals surface area (Å²) in [5, 5.41) is 12.6. The van der Waals surface area contributed by atoms with Gasteiger partial charge >= 0.3 is 0 Å². The van der Waals surface area contributed by atoms with Gasteiger partial charge in [-0.15, -0.1) is 0 Å². The van der Waals surface area contributed by atoms with Crippen LogP contribution in [-0.2, 0) is 4.74 Å². The molecule has 1 aromatic rings. The highest BCUT2D eigenvalue weighted by Crippen LogP contribution is 2.21. The van der Waals surface area contributed by atoms with Crippen LogP contribution in [-0.4, -0.2) is 30.8 Å². The first-order valence-corrected chi connectivity index (χ1v) is 5.87. The van der Waals surface area contributed by atoms with Crippen LogP contribution in [0.1, 0.15) is 17.3 Å². The van der Waals surface area contributed by atoms with E-state index in [-0.39, 0.29) is 17.2 Å². The number of hydrogen-bond acceptors (Lipinski definition) is 3. The summed E-state index contributed by atoms with van der Waals surface area (Å²) >= 11 is 5.68. The fourth-order valence-corrected chi connectivity index (χ4v) is 1.44. The van der Waals surface area contributed by atoms with Crippen LogP contribution in [0.15, 0.2) is 30.4 Å². The molecule has 0 aromatic heterocycles. The molecule has 1 amide bonds. The van der Waals surface area contributed by atoms with Gasteiger partial charge in [0.25, 0.3) is 5.91 Å². The third-order valence-corrected chi connectivity index (χ3v) is 2.32. The quantitative estimate of drug-likeness (QED) is 0.616. The lowest BCUT2D eigenvalue weighted by Gasteiger charge is -2.07. The van der Waals surface area contributed by atoms with Crippen molar-refractivity contribution >= 4 is 17.5 Å². The molecule has 0 saturated carbocycles. The lowest BCUT2D eigenvalue weighted by Crippen LogP contribution is -2.27. The van der Waals surface area contributed by atoms with Crippen molar-refractivity contribution in [3.05, 3.63) is 40.9 Å². The number of amides is 1. The van der Waals surface area contributed by atoms with Crippen LogP contribution in [0.5, 0.6) is 5.75 Å². The Morgan fingerprint density at radius 2 is 2.28 bits per heavy atom. The molecule has 0 fully saturated rings. The SMILES string of the molecule is C=C(C)COCCNC(=O)c1ccc(Cl)cc1O. The smallest absolute Gasteiger partial charge is 0.255 e. The van der Waals surface area contributed by atoms with Crippen LogP contribution in [0, 0.1) is 0 Å². The first kappa shape index (κ1) is 14.5. The molecule has 5 heteroatoms. The Hall–Kier alpha value is -1.52. The minimum absolute atomic E-state index is 0.136. The van der Waals surface area contributed by atoms with Gasteiger partial charge in [-0.3, -0.25) is 4.79 Å². The predicted octanol–water partition coefficient (Wildman–Crippen LogP) is 2.37. The number of hydrogen-bond donors (Lipinski definition) is 2. The molecule has 98 valence electrons. The zero-order valence-electron chi connectivity index (χ0n) is 10.2. The Bertz CT molecular complexity index is 446. The summed E-state index contributed by atoms with van der Waals surface area (Å²) in [4.78, 5) is 11.7. The topological polar surface area (TPSA) is 58.6 Å². The Morgan fingerprint density at radius 1 is 1.56 bits per heavy atom. The van der Waals surface area contributed by atoms with Crippen molar-refractivity contribution in [3.63, 3.8) is 0 Å². The summed E-state index contributed by atoms with van der Waals surface area (Å²) in [5.74, 6) is -0.494. The Kier molecular flexibility index (Phi) is 5.68. The molecule has 0 atom stereocenters. The van der Waals surface area contributed by atoms with Gasteiger partial charge in [0.1, 0.15) is 5.75 Å². The molecule has 0 bridgehead atoms. The van der Waals surface area contributed by atoms with E-state index in [4.69, 9.17) is 16.3 Å². The van der Waals surface area contributed by atoms with Gasteiger partial charge in [0.2, 0.25) is 0 Å². The average Bonchev–Trinajstić information content (AvgIpc) is 2.27. The monoisotopic (exact) mass is 269 g/mol. The maximum Gasteiger partial charge on any atom is 0.255 e. The molecule has 0 aliphatic carbocycles. The van der Waals surface area contributed by atoms with Gasteiger partial charge in [-0.05, 0) is 25.1 Å². The molecule has 1 aromatic carbocycles. The molecule has 0 radical (unpaired) electrons. The molecule has 1 rings (SSSR count). The van der Waals surface area contributed by atoms with Gasteiger partial charge in [0.05, 0.1) is 18.8 Å². The first-order chi connectivity index (χ1) is 8.50. The van der Waals surface area contributed by atoms with Gasteiger partial charge in [0.15, 0.2) is 0 Å². The molecule has 0 aliphatic heterocycles. The van der Waals surface area contributed by atoms with E-state index >= 15 is 0 Å². The van der Waals surface area contributed by atoms with E-state index in [0.29, 0.717) is 24.8 Å². The van der Waals surface area contributed by atoms with Crippen LogP contribution < -0.4 is 5.32 Å². The standard InChI is InChI=1S/C13H16ClNO3/c1-9(2)8-18-6-5-15-13(17)11-4-3-10(14)7-12(11)16/h3-4,7,16H,1,5-6,8H2,2H3,(H,15,17). The number of phenols is 1. The highest BCUT2D eigenvalue weighted by molar-refractivity contribution is 6.30. The molecule has 0 heterocycles. The molecule has 0 unspecified atom stereocenters. The van der Waals surface area contributed by atoms with Crippen LogP contribution in [0.25, 0.3) is 0 Å². The van der Waals surface area contributed by atoms with Gasteiger partial charge in [-0.25, -0.2) is 0 Å². The second-order valence-electron chi connectivity index (χ2n) is 3.93. The normalized spacial score (nSPS) is 10.1. The number of benzene rings is 1. The zero-order valence-corrected chi connectivity index (χ0v) is 11.0. The maximum atomic E-state index is 11.7. The largest absolute Gasteiger partial charge is 0.507 e. The van der Waals surface area contributed by atoms with Crippen molar-refractivity contribution in [1.82, 2.24) is 5.32 Å². The summed E-state index contributed by atoms with van der Waals surface area (Å²) in [7, 11) is 0. The van der Waals surface area contributed by atoms with Crippen molar-refractivity contribution in [2.45, 2.75) is 6.92 Å². The van der Waals surface area contributed by atoms with Crippen molar-refractivity contribution in [2.75, 3.05) is 19.8 Å². The molecular weight excluding hydrogens is 254 g/mol. The average molecular weight is 270 g/mol.